The molecule has 3 heteroatoms. The minimum absolute atomic E-state index is 0.158. The summed E-state index contributed by atoms with van der Waals surface area (Å²) in [5.74, 6) is 0.460. The first-order valence-corrected chi connectivity index (χ1v) is 6.53. The second-order valence-electron chi connectivity index (χ2n) is 3.76. The van der Waals surface area contributed by atoms with Crippen LogP contribution in [0.1, 0.15) is 46.5 Å². The van der Waals surface area contributed by atoms with Crippen molar-refractivity contribution in [3.63, 3.8) is 0 Å². The van der Waals surface area contributed by atoms with E-state index in [1.54, 1.807) is 0 Å². The van der Waals surface area contributed by atoms with Gasteiger partial charge in [0, 0.05) is 6.61 Å². The van der Waals surface area contributed by atoms with Crippen LogP contribution < -0.4 is 0 Å². The van der Waals surface area contributed by atoms with Gasteiger partial charge in [0.25, 0.3) is 0 Å². The molecule has 0 amide bonds. The van der Waals surface area contributed by atoms with Gasteiger partial charge in [0.15, 0.2) is 0 Å². The highest BCUT2D eigenvalue weighted by Gasteiger charge is 2.15. The smallest absolute Gasteiger partial charge is 0.134 e. The van der Waals surface area contributed by atoms with E-state index in [9.17, 15) is 0 Å². The molecule has 0 saturated heterocycles. The van der Waals surface area contributed by atoms with E-state index in [1.807, 2.05) is 0 Å². The zero-order chi connectivity index (χ0) is 11.5. The summed E-state index contributed by atoms with van der Waals surface area (Å²) in [6, 6.07) is 0. The quantitative estimate of drug-likeness (QED) is 0.424. The average molecular weight is 237 g/mol. The number of halogens is 1. The number of ether oxygens (including phenoxy) is 2. The molecule has 15 heavy (non-hydrogen) atoms. The van der Waals surface area contributed by atoms with Crippen molar-refractivity contribution < 1.29 is 9.47 Å². The van der Waals surface area contributed by atoms with Gasteiger partial charge in [-0.3, -0.25) is 0 Å². The normalized spacial score (nSPS) is 13.4. The van der Waals surface area contributed by atoms with Crippen LogP contribution in [0, 0.1) is 5.92 Å². The van der Waals surface area contributed by atoms with Crippen LogP contribution in [-0.2, 0) is 9.47 Å². The second kappa shape index (κ2) is 10.7. The third kappa shape index (κ3) is 8.06. The number of alkyl halides is 1. The van der Waals surface area contributed by atoms with Gasteiger partial charge in [0.1, 0.15) is 5.56 Å². The first-order chi connectivity index (χ1) is 7.26. The highest BCUT2D eigenvalue weighted by atomic mass is 35.5. The van der Waals surface area contributed by atoms with Gasteiger partial charge in [-0.15, -0.1) is 0 Å². The third-order valence-electron chi connectivity index (χ3n) is 2.57. The summed E-state index contributed by atoms with van der Waals surface area (Å²) in [4.78, 5) is 0. The van der Waals surface area contributed by atoms with Crippen molar-refractivity contribution in [1.29, 1.82) is 0 Å². The summed E-state index contributed by atoms with van der Waals surface area (Å²) in [7, 11) is 0. The van der Waals surface area contributed by atoms with Crippen LogP contribution in [-0.4, -0.2) is 25.4 Å². The number of hydrogen-bond donors (Lipinski definition) is 0. The predicted molar refractivity (Wildman–Crippen MR) is 65.4 cm³/mol. The molecule has 0 heterocycles. The zero-order valence-electron chi connectivity index (χ0n) is 10.3. The maximum absolute atomic E-state index is 6.11. The Labute approximate surface area is 99.3 Å². The molecule has 1 atom stereocenters. The molecule has 0 bridgehead atoms. The Balaban J connectivity index is 3.33. The Kier molecular flexibility index (Phi) is 10.9. The summed E-state index contributed by atoms with van der Waals surface area (Å²) < 4.78 is 10.9. The number of rotatable bonds is 10. The summed E-state index contributed by atoms with van der Waals surface area (Å²) in [6.07, 6.45) is 4.44. The fraction of sp³-hybridized carbons (Fsp3) is 1.00. The zero-order valence-corrected chi connectivity index (χ0v) is 11.1. The molecule has 1 unspecified atom stereocenters. The van der Waals surface area contributed by atoms with E-state index < -0.39 is 0 Å². The maximum atomic E-state index is 6.11. The van der Waals surface area contributed by atoms with Crippen molar-refractivity contribution in [3.8, 4) is 0 Å². The molecule has 0 radical (unpaired) electrons. The van der Waals surface area contributed by atoms with Crippen molar-refractivity contribution in [2.45, 2.75) is 52.0 Å². The summed E-state index contributed by atoms with van der Waals surface area (Å²) in [5, 5.41) is 0. The molecule has 92 valence electrons. The fourth-order valence-corrected chi connectivity index (χ4v) is 1.81. The lowest BCUT2D eigenvalue weighted by atomic mass is 10.1. The van der Waals surface area contributed by atoms with E-state index in [0.29, 0.717) is 19.1 Å². The first-order valence-electron chi connectivity index (χ1n) is 6.09. The largest absolute Gasteiger partial charge is 0.379 e. The lowest BCUT2D eigenvalue weighted by molar-refractivity contribution is 0.0134. The molecular weight excluding hydrogens is 212 g/mol. The van der Waals surface area contributed by atoms with E-state index in [0.717, 1.165) is 25.9 Å². The van der Waals surface area contributed by atoms with Crippen LogP contribution in [0.25, 0.3) is 0 Å². The highest BCUT2D eigenvalue weighted by molar-refractivity contribution is 6.19. The van der Waals surface area contributed by atoms with Gasteiger partial charge < -0.3 is 9.47 Å². The minimum Gasteiger partial charge on any atom is -0.379 e. The predicted octanol–water partition coefficient (Wildman–Crippen LogP) is 3.82. The highest BCUT2D eigenvalue weighted by Crippen LogP contribution is 2.19. The lowest BCUT2D eigenvalue weighted by Gasteiger charge is -2.19. The molecular formula is C12H25ClO2. The van der Waals surface area contributed by atoms with Crippen molar-refractivity contribution in [3.05, 3.63) is 0 Å². The van der Waals surface area contributed by atoms with E-state index in [-0.39, 0.29) is 5.56 Å². The van der Waals surface area contributed by atoms with Crippen LogP contribution in [0.15, 0.2) is 0 Å². The van der Waals surface area contributed by atoms with Gasteiger partial charge in [-0.05, 0) is 25.2 Å². The Morgan fingerprint density at radius 1 is 1.00 bits per heavy atom. The van der Waals surface area contributed by atoms with Crippen LogP contribution in [0.4, 0.5) is 0 Å². The van der Waals surface area contributed by atoms with Crippen molar-refractivity contribution in [2.24, 2.45) is 5.92 Å². The number of unbranched alkanes of at least 4 members (excludes halogenated alkanes) is 1. The molecule has 0 aromatic heterocycles. The van der Waals surface area contributed by atoms with Crippen molar-refractivity contribution in [1.82, 2.24) is 0 Å². The van der Waals surface area contributed by atoms with Gasteiger partial charge in [-0.2, -0.15) is 0 Å². The van der Waals surface area contributed by atoms with Crippen LogP contribution in [0.3, 0.4) is 0 Å². The molecule has 0 aliphatic carbocycles. The van der Waals surface area contributed by atoms with Crippen LogP contribution in [0.2, 0.25) is 0 Å². The Morgan fingerprint density at radius 3 is 2.20 bits per heavy atom. The molecule has 0 aromatic rings. The fourth-order valence-electron chi connectivity index (χ4n) is 1.36. The Hall–Kier alpha value is 0.210. The van der Waals surface area contributed by atoms with Gasteiger partial charge in [0.05, 0.1) is 13.2 Å². The molecule has 0 N–H and O–H groups in total. The summed E-state index contributed by atoms with van der Waals surface area (Å²) in [6.45, 7) is 8.53. The second-order valence-corrected chi connectivity index (χ2v) is 4.19. The van der Waals surface area contributed by atoms with E-state index in [2.05, 4.69) is 20.8 Å². The van der Waals surface area contributed by atoms with E-state index >= 15 is 0 Å². The monoisotopic (exact) mass is 236 g/mol. The SMILES string of the molecule is CCCCOCCOC(Cl)C(CC)CC. The molecule has 0 rings (SSSR count). The standard InChI is InChI=1S/C12H25ClO2/c1-4-7-8-14-9-10-15-12(13)11(5-2)6-3/h11-12H,4-10H2,1-3H3. The molecule has 0 fully saturated rings. The summed E-state index contributed by atoms with van der Waals surface area (Å²) >= 11 is 6.11. The molecule has 2 nitrogen and oxygen atoms in total. The van der Waals surface area contributed by atoms with Crippen molar-refractivity contribution in [2.75, 3.05) is 19.8 Å². The van der Waals surface area contributed by atoms with E-state index in [1.165, 1.54) is 6.42 Å². The average Bonchev–Trinajstić information content (AvgIpc) is 2.25. The summed E-state index contributed by atoms with van der Waals surface area (Å²) in [5.41, 5.74) is -0.158. The molecule has 0 aromatic carbocycles. The van der Waals surface area contributed by atoms with Crippen LogP contribution >= 0.6 is 11.6 Å². The number of hydrogen-bond acceptors (Lipinski definition) is 2. The topological polar surface area (TPSA) is 18.5 Å². The van der Waals surface area contributed by atoms with Gasteiger partial charge in [-0.25, -0.2) is 0 Å². The van der Waals surface area contributed by atoms with Gasteiger partial charge in [0.2, 0.25) is 0 Å². The molecule has 0 aliphatic heterocycles. The minimum atomic E-state index is -0.158. The Bertz CT molecular complexity index is 127. The van der Waals surface area contributed by atoms with E-state index in [4.69, 9.17) is 21.1 Å². The maximum Gasteiger partial charge on any atom is 0.134 e. The molecule has 0 spiro atoms. The Morgan fingerprint density at radius 2 is 1.67 bits per heavy atom. The molecule has 0 saturated carbocycles. The third-order valence-corrected chi connectivity index (χ3v) is 3.05. The van der Waals surface area contributed by atoms with Crippen LogP contribution in [0.5, 0.6) is 0 Å². The van der Waals surface area contributed by atoms with Crippen molar-refractivity contribution >= 4 is 11.6 Å². The lowest BCUT2D eigenvalue weighted by Crippen LogP contribution is -2.19. The van der Waals surface area contributed by atoms with Gasteiger partial charge >= 0.3 is 0 Å². The molecule has 0 aliphatic rings. The van der Waals surface area contributed by atoms with Gasteiger partial charge in [-0.1, -0.05) is 38.8 Å². The first kappa shape index (κ1) is 15.2.